The Hall–Kier alpha value is -2.34. The Bertz CT molecular complexity index is 776. The van der Waals surface area contributed by atoms with Gasteiger partial charge in [0.25, 0.3) is 0 Å². The molecule has 1 spiro atoms. The smallest absolute Gasteiger partial charge is 0.222 e. The molecular weight excluding hydrogens is 326 g/mol. The quantitative estimate of drug-likeness (QED) is 0.866. The van der Waals surface area contributed by atoms with E-state index in [4.69, 9.17) is 0 Å². The van der Waals surface area contributed by atoms with Crippen molar-refractivity contribution in [2.24, 2.45) is 7.05 Å². The Morgan fingerprint density at radius 2 is 2.04 bits per heavy atom. The van der Waals surface area contributed by atoms with Crippen molar-refractivity contribution in [2.45, 2.75) is 37.8 Å². The Balaban J connectivity index is 1.50. The van der Waals surface area contributed by atoms with E-state index in [-0.39, 0.29) is 11.4 Å². The number of carbonyl (C=O) groups excluding carboxylic acids is 1. The summed E-state index contributed by atoms with van der Waals surface area (Å²) < 4.78 is 2.08. The van der Waals surface area contributed by atoms with E-state index in [1.807, 2.05) is 19.4 Å². The van der Waals surface area contributed by atoms with Crippen LogP contribution in [0.15, 0.2) is 36.7 Å². The minimum atomic E-state index is -0.164. The third-order valence-electron chi connectivity index (χ3n) is 5.73. The van der Waals surface area contributed by atoms with Crippen molar-refractivity contribution >= 4 is 11.6 Å². The highest BCUT2D eigenvalue weighted by molar-refractivity contribution is 5.78. The van der Waals surface area contributed by atoms with Crippen LogP contribution in [0.25, 0.3) is 0 Å². The minimum absolute atomic E-state index is 0.155. The molecule has 2 aromatic rings. The summed E-state index contributed by atoms with van der Waals surface area (Å²) in [5.74, 6) is 1.24. The van der Waals surface area contributed by atoms with E-state index in [0.29, 0.717) is 13.0 Å². The first-order valence-corrected chi connectivity index (χ1v) is 9.45. The van der Waals surface area contributed by atoms with Crippen LogP contribution in [-0.2, 0) is 24.8 Å². The first kappa shape index (κ1) is 17.1. The number of hydrogen-bond acceptors (Lipinski definition) is 4. The average molecular weight is 353 g/mol. The number of likely N-dealkylation sites (tertiary alicyclic amines) is 1. The van der Waals surface area contributed by atoms with Crippen molar-refractivity contribution in [3.63, 3.8) is 0 Å². The lowest BCUT2D eigenvalue weighted by Gasteiger charge is -2.42. The normalized spacial score (nSPS) is 20.4. The third kappa shape index (κ3) is 3.60. The summed E-state index contributed by atoms with van der Waals surface area (Å²) in [6.07, 6.45) is 7.16. The highest BCUT2D eigenvalue weighted by atomic mass is 16.1. The number of nitrogens with one attached hydrogen (secondary N) is 2. The number of amides is 1. The Labute approximate surface area is 154 Å². The van der Waals surface area contributed by atoms with Crippen LogP contribution in [0.3, 0.4) is 0 Å². The van der Waals surface area contributed by atoms with Gasteiger partial charge in [-0.3, -0.25) is 9.69 Å². The molecule has 138 valence electrons. The number of anilines is 1. The lowest BCUT2D eigenvalue weighted by atomic mass is 9.83. The number of nitrogens with zero attached hydrogens (tertiary/aromatic N) is 3. The second-order valence-electron chi connectivity index (χ2n) is 7.57. The zero-order valence-electron chi connectivity index (χ0n) is 15.4. The third-order valence-corrected chi connectivity index (χ3v) is 5.73. The van der Waals surface area contributed by atoms with Crippen molar-refractivity contribution < 1.29 is 4.79 Å². The van der Waals surface area contributed by atoms with Crippen molar-refractivity contribution in [1.82, 2.24) is 19.8 Å². The molecule has 0 aliphatic carbocycles. The Morgan fingerprint density at radius 1 is 1.23 bits per heavy atom. The average Bonchev–Trinajstić information content (AvgIpc) is 3.05. The number of rotatable bonds is 2. The molecule has 1 saturated heterocycles. The van der Waals surface area contributed by atoms with Gasteiger partial charge in [-0.1, -0.05) is 18.2 Å². The van der Waals surface area contributed by atoms with Crippen LogP contribution >= 0.6 is 0 Å². The molecule has 0 radical (unpaired) electrons. The van der Waals surface area contributed by atoms with Crippen LogP contribution in [0, 0.1) is 0 Å². The van der Waals surface area contributed by atoms with E-state index >= 15 is 0 Å². The van der Waals surface area contributed by atoms with Gasteiger partial charge in [-0.05, 0) is 30.9 Å². The molecule has 1 fully saturated rings. The fourth-order valence-corrected chi connectivity index (χ4v) is 4.09. The van der Waals surface area contributed by atoms with Gasteiger partial charge in [0, 0.05) is 56.7 Å². The molecule has 3 heterocycles. The van der Waals surface area contributed by atoms with Gasteiger partial charge in [0.1, 0.15) is 5.82 Å². The van der Waals surface area contributed by atoms with Gasteiger partial charge >= 0.3 is 0 Å². The summed E-state index contributed by atoms with van der Waals surface area (Å²) in [7, 11) is 2.04. The van der Waals surface area contributed by atoms with Gasteiger partial charge in [-0.25, -0.2) is 4.98 Å². The Morgan fingerprint density at radius 3 is 2.81 bits per heavy atom. The summed E-state index contributed by atoms with van der Waals surface area (Å²) in [5, 5.41) is 6.85. The van der Waals surface area contributed by atoms with Gasteiger partial charge in [0.2, 0.25) is 5.91 Å². The number of piperidine rings is 1. The zero-order chi connectivity index (χ0) is 18.0. The van der Waals surface area contributed by atoms with Gasteiger partial charge in [0.15, 0.2) is 0 Å². The summed E-state index contributed by atoms with van der Waals surface area (Å²) in [6, 6.07) is 8.45. The van der Waals surface area contributed by atoms with Crippen LogP contribution in [-0.4, -0.2) is 45.5 Å². The minimum Gasteiger partial charge on any atom is -0.379 e. The highest BCUT2D eigenvalue weighted by Crippen LogP contribution is 2.33. The zero-order valence-corrected chi connectivity index (χ0v) is 15.4. The lowest BCUT2D eigenvalue weighted by Crippen LogP contribution is -2.51. The summed E-state index contributed by atoms with van der Waals surface area (Å²) in [5.41, 5.74) is 2.30. The van der Waals surface area contributed by atoms with Gasteiger partial charge in [-0.2, -0.15) is 0 Å². The van der Waals surface area contributed by atoms with E-state index in [9.17, 15) is 4.79 Å². The molecule has 4 rings (SSSR count). The lowest BCUT2D eigenvalue weighted by molar-refractivity contribution is -0.122. The molecule has 0 unspecified atom stereocenters. The van der Waals surface area contributed by atoms with Crippen LogP contribution in [0.1, 0.15) is 30.7 Å². The maximum Gasteiger partial charge on any atom is 0.222 e. The maximum atomic E-state index is 12.4. The van der Waals surface area contributed by atoms with Crippen LogP contribution in [0.4, 0.5) is 5.69 Å². The van der Waals surface area contributed by atoms with Crippen molar-refractivity contribution in [3.05, 3.63) is 48.0 Å². The molecular formula is C20H27N5O. The van der Waals surface area contributed by atoms with Gasteiger partial charge < -0.3 is 15.2 Å². The van der Waals surface area contributed by atoms with Crippen LogP contribution in [0.5, 0.6) is 0 Å². The molecule has 0 atom stereocenters. The molecule has 1 aromatic carbocycles. The van der Waals surface area contributed by atoms with E-state index in [2.05, 4.69) is 49.4 Å². The van der Waals surface area contributed by atoms with E-state index < -0.39 is 0 Å². The molecule has 2 aliphatic rings. The molecule has 1 aromatic heterocycles. The predicted molar refractivity (Wildman–Crippen MR) is 102 cm³/mol. The topological polar surface area (TPSA) is 62.2 Å². The van der Waals surface area contributed by atoms with Crippen LogP contribution < -0.4 is 10.6 Å². The number of imidazole rings is 1. The summed E-state index contributed by atoms with van der Waals surface area (Å²) in [4.78, 5) is 19.3. The van der Waals surface area contributed by atoms with E-state index in [1.165, 1.54) is 11.3 Å². The van der Waals surface area contributed by atoms with Crippen LogP contribution in [0.2, 0.25) is 0 Å². The maximum absolute atomic E-state index is 12.4. The summed E-state index contributed by atoms with van der Waals surface area (Å²) in [6.45, 7) is 3.51. The molecule has 6 heteroatoms. The first-order chi connectivity index (χ1) is 12.6. The fraction of sp³-hybridized carbons (Fsp3) is 0.500. The molecule has 1 amide bonds. The van der Waals surface area contributed by atoms with Crippen molar-refractivity contribution in [2.75, 3.05) is 25.0 Å². The van der Waals surface area contributed by atoms with Crippen molar-refractivity contribution in [1.29, 1.82) is 0 Å². The highest BCUT2D eigenvalue weighted by Gasteiger charge is 2.37. The second kappa shape index (κ2) is 7.11. The van der Waals surface area contributed by atoms with E-state index in [0.717, 1.165) is 44.7 Å². The molecule has 26 heavy (non-hydrogen) atoms. The van der Waals surface area contributed by atoms with Gasteiger partial charge in [-0.15, -0.1) is 0 Å². The number of hydrogen-bond donors (Lipinski definition) is 2. The number of aryl methyl sites for hydroxylation is 1. The molecule has 2 aliphatic heterocycles. The first-order valence-electron chi connectivity index (χ1n) is 9.45. The number of benzene rings is 1. The number of aromatic nitrogens is 2. The Kier molecular flexibility index (Phi) is 4.68. The number of fused-ring (bicyclic) bond motifs is 1. The SMILES string of the molecule is Cn1ccnc1CN1CCC2(CC1)CC(=O)NCCc1ccccc1N2. The molecule has 2 N–H and O–H groups in total. The molecule has 6 nitrogen and oxygen atoms in total. The number of carbonyl (C=O) groups is 1. The predicted octanol–water partition coefficient (Wildman–Crippen LogP) is 1.93. The second-order valence-corrected chi connectivity index (χ2v) is 7.57. The largest absolute Gasteiger partial charge is 0.379 e. The fourth-order valence-electron chi connectivity index (χ4n) is 4.09. The van der Waals surface area contributed by atoms with Crippen molar-refractivity contribution in [3.8, 4) is 0 Å². The molecule has 0 bridgehead atoms. The molecule has 0 saturated carbocycles. The summed E-state index contributed by atoms with van der Waals surface area (Å²) >= 11 is 0. The van der Waals surface area contributed by atoms with Gasteiger partial charge in [0.05, 0.1) is 6.54 Å². The standard InChI is InChI=1S/C20H27N5O/c1-24-13-10-21-18(24)15-25-11-7-20(8-12-25)14-19(26)22-9-6-16-4-2-3-5-17(16)23-20/h2-5,10,13,23H,6-9,11-12,14-15H2,1H3,(H,22,26). The number of para-hydroxylation sites is 1. The van der Waals surface area contributed by atoms with E-state index in [1.54, 1.807) is 0 Å². The monoisotopic (exact) mass is 353 g/mol.